The van der Waals surface area contributed by atoms with Crippen molar-refractivity contribution in [3.8, 4) is 23.3 Å². The third-order valence-corrected chi connectivity index (χ3v) is 2.55. The summed E-state index contributed by atoms with van der Waals surface area (Å²) in [6.45, 7) is 1.80. The predicted molar refractivity (Wildman–Crippen MR) is 69.1 cm³/mol. The molecule has 0 fully saturated rings. The normalized spacial score (nSPS) is 10.8. The third kappa shape index (κ3) is 3.89. The van der Waals surface area contributed by atoms with Gasteiger partial charge in [-0.2, -0.15) is 5.26 Å². The average molecular weight is 293 g/mol. The van der Waals surface area contributed by atoms with E-state index in [9.17, 15) is 13.2 Å². The maximum absolute atomic E-state index is 12.3. The lowest BCUT2D eigenvalue weighted by molar-refractivity contribution is -0.275. The summed E-state index contributed by atoms with van der Waals surface area (Å²) in [4.78, 5) is 0. The smallest absolute Gasteiger partial charge is 0.452 e. The lowest BCUT2D eigenvalue weighted by Crippen LogP contribution is -2.17. The van der Waals surface area contributed by atoms with Crippen LogP contribution in [-0.2, 0) is 0 Å². The Morgan fingerprint density at radius 2 is 1.67 bits per heavy atom. The Morgan fingerprint density at radius 3 is 2.29 bits per heavy atom. The van der Waals surface area contributed by atoms with Crippen molar-refractivity contribution in [1.82, 2.24) is 0 Å². The van der Waals surface area contributed by atoms with Crippen LogP contribution in [0.5, 0.6) is 17.2 Å². The first-order valence-corrected chi connectivity index (χ1v) is 5.92. The summed E-state index contributed by atoms with van der Waals surface area (Å²) < 4.78 is 46.3. The third-order valence-electron chi connectivity index (χ3n) is 2.55. The summed E-state index contributed by atoms with van der Waals surface area (Å²) in [6, 6.07) is 12.1. The van der Waals surface area contributed by atoms with Crippen LogP contribution in [0.4, 0.5) is 13.2 Å². The van der Waals surface area contributed by atoms with Crippen molar-refractivity contribution in [2.45, 2.75) is 13.3 Å². The summed E-state index contributed by atoms with van der Waals surface area (Å²) in [5, 5.41) is 9.04. The van der Waals surface area contributed by atoms with Crippen molar-refractivity contribution in [2.24, 2.45) is 0 Å². The van der Waals surface area contributed by atoms with Gasteiger partial charge in [0.15, 0.2) is 11.5 Å². The first kappa shape index (κ1) is 14.7. The molecule has 0 aromatic heterocycles. The van der Waals surface area contributed by atoms with E-state index in [1.165, 1.54) is 24.3 Å². The van der Waals surface area contributed by atoms with E-state index in [4.69, 9.17) is 10.00 Å². The van der Waals surface area contributed by atoms with Crippen molar-refractivity contribution < 1.29 is 22.6 Å². The molecule has 21 heavy (non-hydrogen) atoms. The highest BCUT2D eigenvalue weighted by Gasteiger charge is 2.32. The molecule has 0 radical (unpaired) electrons. The van der Waals surface area contributed by atoms with Crippen molar-refractivity contribution in [3.63, 3.8) is 0 Å². The largest absolute Gasteiger partial charge is 0.573 e. The number of hydrogen-bond acceptors (Lipinski definition) is 3. The van der Waals surface area contributed by atoms with E-state index in [1.54, 1.807) is 19.1 Å². The number of para-hydroxylation sites is 2. The van der Waals surface area contributed by atoms with Crippen molar-refractivity contribution in [3.05, 3.63) is 53.6 Å². The molecular formula is C15H10F3NO2. The van der Waals surface area contributed by atoms with Gasteiger partial charge >= 0.3 is 6.36 Å². The molecule has 0 aliphatic carbocycles. The average Bonchev–Trinajstić information content (AvgIpc) is 2.41. The Morgan fingerprint density at radius 1 is 1.00 bits per heavy atom. The fourth-order valence-electron chi connectivity index (χ4n) is 1.68. The van der Waals surface area contributed by atoms with Gasteiger partial charge in [0.25, 0.3) is 0 Å². The summed E-state index contributed by atoms with van der Waals surface area (Å²) in [5.74, 6) is -0.411. The molecule has 108 valence electrons. The number of benzene rings is 2. The molecule has 0 atom stereocenters. The lowest BCUT2D eigenvalue weighted by Gasteiger charge is -2.14. The Labute approximate surface area is 119 Å². The van der Waals surface area contributed by atoms with Gasteiger partial charge < -0.3 is 9.47 Å². The van der Waals surface area contributed by atoms with Crippen LogP contribution < -0.4 is 9.47 Å². The maximum Gasteiger partial charge on any atom is 0.573 e. The maximum atomic E-state index is 12.3. The molecule has 0 spiro atoms. The topological polar surface area (TPSA) is 42.2 Å². The van der Waals surface area contributed by atoms with Crippen LogP contribution in [0.15, 0.2) is 42.5 Å². The molecule has 0 aliphatic rings. The van der Waals surface area contributed by atoms with Gasteiger partial charge in [-0.05, 0) is 36.8 Å². The highest BCUT2D eigenvalue weighted by atomic mass is 19.4. The highest BCUT2D eigenvalue weighted by molar-refractivity contribution is 5.49. The first-order valence-electron chi connectivity index (χ1n) is 5.92. The Hall–Kier alpha value is -2.68. The molecule has 0 N–H and O–H groups in total. The van der Waals surface area contributed by atoms with E-state index < -0.39 is 12.1 Å². The number of rotatable bonds is 3. The standard InChI is InChI=1S/C15H10F3NO2/c1-10-6-7-12(11(8-10)9-19)20-13-4-2-3-5-14(13)21-15(16,17)18/h2-8H,1H3. The molecule has 2 aromatic carbocycles. The number of alkyl halides is 3. The fourth-order valence-corrected chi connectivity index (χ4v) is 1.68. The monoisotopic (exact) mass is 293 g/mol. The Kier molecular flexibility index (Phi) is 4.03. The zero-order chi connectivity index (χ0) is 15.5. The minimum atomic E-state index is -4.81. The molecular weight excluding hydrogens is 283 g/mol. The number of hydrogen-bond donors (Lipinski definition) is 0. The first-order chi connectivity index (χ1) is 9.89. The van der Waals surface area contributed by atoms with Crippen LogP contribution in [0, 0.1) is 18.3 Å². The van der Waals surface area contributed by atoms with Crippen molar-refractivity contribution in [1.29, 1.82) is 5.26 Å². The van der Waals surface area contributed by atoms with Crippen LogP contribution >= 0.6 is 0 Å². The lowest BCUT2D eigenvalue weighted by atomic mass is 10.1. The van der Waals surface area contributed by atoms with Crippen LogP contribution in [0.1, 0.15) is 11.1 Å². The molecule has 2 rings (SSSR count). The van der Waals surface area contributed by atoms with Gasteiger partial charge in [-0.25, -0.2) is 0 Å². The Bertz CT molecular complexity index is 690. The van der Waals surface area contributed by atoms with Gasteiger partial charge in [0.2, 0.25) is 0 Å². The number of ether oxygens (including phenoxy) is 2. The molecule has 3 nitrogen and oxygen atoms in total. The predicted octanol–water partition coefficient (Wildman–Crippen LogP) is 4.56. The van der Waals surface area contributed by atoms with Crippen LogP contribution in [-0.4, -0.2) is 6.36 Å². The molecule has 0 bridgehead atoms. The van der Waals surface area contributed by atoms with Crippen LogP contribution in [0.3, 0.4) is 0 Å². The fraction of sp³-hybridized carbons (Fsp3) is 0.133. The number of aryl methyl sites for hydroxylation is 1. The highest BCUT2D eigenvalue weighted by Crippen LogP contribution is 2.35. The molecule has 0 unspecified atom stereocenters. The Balaban J connectivity index is 2.35. The minimum absolute atomic E-state index is 0.116. The molecule has 0 aliphatic heterocycles. The second kappa shape index (κ2) is 5.75. The summed E-state index contributed by atoms with van der Waals surface area (Å²) in [6.07, 6.45) is -4.81. The number of nitrogens with zero attached hydrogens (tertiary/aromatic N) is 1. The number of nitriles is 1. The zero-order valence-electron chi connectivity index (χ0n) is 10.9. The molecule has 0 amide bonds. The zero-order valence-corrected chi connectivity index (χ0v) is 10.9. The molecule has 0 heterocycles. The van der Waals surface area contributed by atoms with Gasteiger partial charge in [0, 0.05) is 0 Å². The minimum Gasteiger partial charge on any atom is -0.452 e. The molecule has 0 saturated heterocycles. The van der Waals surface area contributed by atoms with Gasteiger partial charge in [0.05, 0.1) is 5.56 Å². The van der Waals surface area contributed by atoms with E-state index in [-0.39, 0.29) is 17.1 Å². The van der Waals surface area contributed by atoms with Crippen LogP contribution in [0.2, 0.25) is 0 Å². The van der Waals surface area contributed by atoms with Crippen molar-refractivity contribution in [2.75, 3.05) is 0 Å². The quantitative estimate of drug-likeness (QED) is 0.833. The van der Waals surface area contributed by atoms with Gasteiger partial charge in [0.1, 0.15) is 11.8 Å². The van der Waals surface area contributed by atoms with E-state index in [1.807, 2.05) is 6.07 Å². The second-order valence-corrected chi connectivity index (χ2v) is 4.21. The van der Waals surface area contributed by atoms with E-state index in [0.29, 0.717) is 0 Å². The van der Waals surface area contributed by atoms with E-state index >= 15 is 0 Å². The van der Waals surface area contributed by atoms with E-state index in [0.717, 1.165) is 11.6 Å². The van der Waals surface area contributed by atoms with Gasteiger partial charge in [-0.15, -0.1) is 13.2 Å². The number of halogens is 3. The van der Waals surface area contributed by atoms with Gasteiger partial charge in [-0.1, -0.05) is 18.2 Å². The molecule has 2 aromatic rings. The summed E-state index contributed by atoms with van der Waals surface area (Å²) >= 11 is 0. The second-order valence-electron chi connectivity index (χ2n) is 4.21. The summed E-state index contributed by atoms with van der Waals surface area (Å²) in [7, 11) is 0. The SMILES string of the molecule is Cc1ccc(Oc2ccccc2OC(F)(F)F)c(C#N)c1. The van der Waals surface area contributed by atoms with Gasteiger partial charge in [-0.3, -0.25) is 0 Å². The van der Waals surface area contributed by atoms with Crippen LogP contribution in [0.25, 0.3) is 0 Å². The summed E-state index contributed by atoms with van der Waals surface area (Å²) in [5.41, 5.74) is 1.08. The van der Waals surface area contributed by atoms with Crippen molar-refractivity contribution >= 4 is 0 Å². The molecule has 6 heteroatoms. The molecule has 0 saturated carbocycles. The van der Waals surface area contributed by atoms with E-state index in [2.05, 4.69) is 4.74 Å².